The number of nitrogens with zero attached hydrogens (tertiary/aromatic N) is 3. The number of hydrogen-bond donors (Lipinski definition) is 1. The van der Waals surface area contributed by atoms with Gasteiger partial charge in [0, 0.05) is 12.3 Å². The third-order valence-corrected chi connectivity index (χ3v) is 5.93. The Balaban J connectivity index is 1.17. The Morgan fingerprint density at radius 3 is 3.06 bits per heavy atom. The molecule has 0 saturated carbocycles. The van der Waals surface area contributed by atoms with Crippen LogP contribution in [0.25, 0.3) is 11.0 Å². The summed E-state index contributed by atoms with van der Waals surface area (Å²) in [7, 11) is 1.54. The minimum Gasteiger partial charge on any atom is -0.481 e. The van der Waals surface area contributed by atoms with E-state index in [9.17, 15) is 9.90 Å². The molecule has 1 aliphatic carbocycles. The molecule has 1 amide bonds. The van der Waals surface area contributed by atoms with Gasteiger partial charge >= 0.3 is 6.09 Å². The standard InChI is InChI=1S/C27H25N3O6/c1-33-24-12-11-22-26(29-24)19(13-14-28-22)7-8-20(31)9-10-21-15-30(27(32)35-21)25-17-34-16-23(36-25)18-5-3-2-4-6-18/h2-3,5,11-14,16-17,20-21,31H,4,6,9-10,15H2,1H3/t20-,21+/m1/s1. The number of aliphatic hydroxyl groups excluding tert-OH is 1. The van der Waals surface area contributed by atoms with Crippen LogP contribution in [0.3, 0.4) is 0 Å². The van der Waals surface area contributed by atoms with Gasteiger partial charge in [-0.25, -0.2) is 14.7 Å². The summed E-state index contributed by atoms with van der Waals surface area (Å²) in [6.07, 6.45) is 11.3. The van der Waals surface area contributed by atoms with Crippen molar-refractivity contribution in [3.63, 3.8) is 0 Å². The second-order valence-corrected chi connectivity index (χ2v) is 8.39. The summed E-state index contributed by atoms with van der Waals surface area (Å²) in [4.78, 5) is 22.6. The first-order valence-corrected chi connectivity index (χ1v) is 11.7. The van der Waals surface area contributed by atoms with Crippen LogP contribution in [0, 0.1) is 11.8 Å². The smallest absolute Gasteiger partial charge is 0.417 e. The van der Waals surface area contributed by atoms with Crippen molar-refractivity contribution < 1.29 is 28.8 Å². The van der Waals surface area contributed by atoms with E-state index in [1.54, 1.807) is 31.5 Å². The Hall–Kier alpha value is -4.29. The molecule has 36 heavy (non-hydrogen) atoms. The van der Waals surface area contributed by atoms with Gasteiger partial charge in [0.05, 0.1) is 24.7 Å². The molecule has 2 aliphatic heterocycles. The van der Waals surface area contributed by atoms with Crippen molar-refractivity contribution in [2.75, 3.05) is 13.7 Å². The van der Waals surface area contributed by atoms with Crippen LogP contribution >= 0.6 is 0 Å². The van der Waals surface area contributed by atoms with Crippen LogP contribution in [0.4, 0.5) is 4.79 Å². The highest BCUT2D eigenvalue weighted by atomic mass is 16.6. The third kappa shape index (κ3) is 5.19. The van der Waals surface area contributed by atoms with Crippen molar-refractivity contribution in [2.24, 2.45) is 0 Å². The first-order chi connectivity index (χ1) is 17.6. The lowest BCUT2D eigenvalue weighted by Crippen LogP contribution is -2.27. The van der Waals surface area contributed by atoms with Gasteiger partial charge in [-0.05, 0) is 43.4 Å². The number of carbonyl (C=O) groups excluding carboxylic acids is 1. The number of amides is 1. The van der Waals surface area contributed by atoms with Gasteiger partial charge in [0.15, 0.2) is 12.0 Å². The molecule has 2 aromatic heterocycles. The quantitative estimate of drug-likeness (QED) is 0.612. The van der Waals surface area contributed by atoms with Crippen molar-refractivity contribution in [1.29, 1.82) is 0 Å². The molecule has 4 heterocycles. The molecular formula is C27H25N3O6. The fraction of sp³-hybridized carbons (Fsp3) is 0.296. The Kier molecular flexibility index (Phi) is 6.87. The predicted octanol–water partition coefficient (Wildman–Crippen LogP) is 3.92. The average Bonchev–Trinajstić information content (AvgIpc) is 3.31. The molecule has 0 bridgehead atoms. The molecule has 5 rings (SSSR count). The van der Waals surface area contributed by atoms with E-state index in [0.29, 0.717) is 47.6 Å². The number of hydrogen-bond acceptors (Lipinski definition) is 8. The molecule has 3 aliphatic rings. The highest BCUT2D eigenvalue weighted by Crippen LogP contribution is 2.30. The summed E-state index contributed by atoms with van der Waals surface area (Å²) in [5, 5.41) is 10.4. The number of rotatable bonds is 6. The zero-order chi connectivity index (χ0) is 24.9. The van der Waals surface area contributed by atoms with Crippen molar-refractivity contribution in [3.8, 4) is 17.7 Å². The Morgan fingerprint density at radius 1 is 1.31 bits per heavy atom. The van der Waals surface area contributed by atoms with E-state index >= 15 is 0 Å². The van der Waals surface area contributed by atoms with E-state index in [4.69, 9.17) is 18.9 Å². The lowest BCUT2D eigenvalue weighted by Gasteiger charge is -2.23. The molecule has 9 heteroatoms. The van der Waals surface area contributed by atoms with E-state index in [1.165, 1.54) is 17.4 Å². The lowest BCUT2D eigenvalue weighted by molar-refractivity contribution is 0.112. The maximum Gasteiger partial charge on any atom is 0.417 e. The summed E-state index contributed by atoms with van der Waals surface area (Å²) in [5.74, 6) is 7.15. The van der Waals surface area contributed by atoms with Gasteiger partial charge in [-0.3, -0.25) is 4.98 Å². The maximum atomic E-state index is 12.5. The van der Waals surface area contributed by atoms with Crippen molar-refractivity contribution >= 4 is 17.1 Å². The molecule has 2 atom stereocenters. The number of methoxy groups -OCH3 is 1. The predicted molar refractivity (Wildman–Crippen MR) is 130 cm³/mol. The van der Waals surface area contributed by atoms with Crippen molar-refractivity contribution in [1.82, 2.24) is 14.9 Å². The minimum absolute atomic E-state index is 0.281. The van der Waals surface area contributed by atoms with Crippen LogP contribution in [0.15, 0.2) is 72.4 Å². The van der Waals surface area contributed by atoms with E-state index in [2.05, 4.69) is 27.9 Å². The second kappa shape index (κ2) is 10.5. The molecular weight excluding hydrogens is 462 g/mol. The molecule has 2 aromatic rings. The van der Waals surface area contributed by atoms with Crippen LogP contribution in [-0.2, 0) is 14.2 Å². The monoisotopic (exact) mass is 487 g/mol. The van der Waals surface area contributed by atoms with Gasteiger partial charge in [0.1, 0.15) is 24.0 Å². The number of cyclic esters (lactones) is 1. The number of allylic oxidation sites excluding steroid dienone is 4. The third-order valence-electron chi connectivity index (χ3n) is 5.93. The summed E-state index contributed by atoms with van der Waals surface area (Å²) in [5.41, 5.74) is 2.94. The highest BCUT2D eigenvalue weighted by molar-refractivity contribution is 5.81. The number of carbonyl (C=O) groups is 1. The Morgan fingerprint density at radius 2 is 2.22 bits per heavy atom. The summed E-state index contributed by atoms with van der Waals surface area (Å²) in [6.45, 7) is 0.291. The summed E-state index contributed by atoms with van der Waals surface area (Å²) >= 11 is 0. The van der Waals surface area contributed by atoms with Gasteiger partial charge in [-0.15, -0.1) is 0 Å². The second-order valence-electron chi connectivity index (χ2n) is 8.39. The van der Waals surface area contributed by atoms with Crippen LogP contribution in [0.1, 0.15) is 31.2 Å². The molecule has 1 saturated heterocycles. The minimum atomic E-state index is -0.902. The molecule has 0 radical (unpaired) electrons. The number of pyridine rings is 2. The normalized spacial score (nSPS) is 19.7. The zero-order valence-corrected chi connectivity index (χ0v) is 19.7. The first kappa shape index (κ1) is 23.5. The topological polar surface area (TPSA) is 103 Å². The fourth-order valence-corrected chi connectivity index (χ4v) is 4.03. The highest BCUT2D eigenvalue weighted by Gasteiger charge is 2.36. The molecule has 9 nitrogen and oxygen atoms in total. The fourth-order valence-electron chi connectivity index (χ4n) is 4.03. The lowest BCUT2D eigenvalue weighted by atomic mass is 10.0. The molecule has 1 N–H and O–H groups in total. The van der Waals surface area contributed by atoms with Gasteiger partial charge in [-0.1, -0.05) is 30.1 Å². The number of aliphatic hydroxyl groups is 1. The summed E-state index contributed by atoms with van der Waals surface area (Å²) < 4.78 is 22.0. The van der Waals surface area contributed by atoms with Crippen LogP contribution < -0.4 is 4.74 Å². The van der Waals surface area contributed by atoms with Crippen molar-refractivity contribution in [2.45, 2.75) is 37.9 Å². The molecule has 0 spiro atoms. The Bertz CT molecular complexity index is 1350. The largest absolute Gasteiger partial charge is 0.481 e. The molecule has 184 valence electrons. The van der Waals surface area contributed by atoms with Crippen LogP contribution in [0.2, 0.25) is 0 Å². The van der Waals surface area contributed by atoms with Crippen molar-refractivity contribution in [3.05, 3.63) is 77.9 Å². The maximum absolute atomic E-state index is 12.5. The Labute approximate surface area is 208 Å². The first-order valence-electron chi connectivity index (χ1n) is 11.7. The van der Waals surface area contributed by atoms with E-state index in [-0.39, 0.29) is 5.88 Å². The SMILES string of the molecule is COc1ccc2nccc(C#C[C@@H](O)CC[C@H]3CN(C4=COC=C(C5=CC=CCC5)O4)C(=O)O3)c2n1. The van der Waals surface area contributed by atoms with E-state index in [0.717, 1.165) is 18.4 Å². The van der Waals surface area contributed by atoms with E-state index in [1.807, 2.05) is 12.2 Å². The van der Waals surface area contributed by atoms with Crippen LogP contribution in [-0.4, -0.2) is 51.9 Å². The van der Waals surface area contributed by atoms with Gasteiger partial charge in [0.2, 0.25) is 11.8 Å². The summed E-state index contributed by atoms with van der Waals surface area (Å²) in [6, 6.07) is 5.28. The van der Waals surface area contributed by atoms with E-state index < -0.39 is 18.3 Å². The number of fused-ring (bicyclic) bond motifs is 1. The number of ether oxygens (including phenoxy) is 4. The van der Waals surface area contributed by atoms with Gasteiger partial charge in [0.25, 0.3) is 0 Å². The molecule has 1 fully saturated rings. The molecule has 0 unspecified atom stereocenters. The van der Waals surface area contributed by atoms with Crippen LogP contribution in [0.5, 0.6) is 5.88 Å². The van der Waals surface area contributed by atoms with Gasteiger partial charge < -0.3 is 24.1 Å². The molecule has 0 aromatic carbocycles. The number of aromatic nitrogens is 2. The average molecular weight is 488 g/mol. The van der Waals surface area contributed by atoms with Gasteiger partial charge in [-0.2, -0.15) is 0 Å². The zero-order valence-electron chi connectivity index (χ0n) is 19.7.